The van der Waals surface area contributed by atoms with Gasteiger partial charge in [-0.1, -0.05) is 19.8 Å². The maximum absolute atomic E-state index is 5.77. The van der Waals surface area contributed by atoms with Crippen LogP contribution in [0.2, 0.25) is 0 Å². The Kier molecular flexibility index (Phi) is 5.40. The Morgan fingerprint density at radius 2 is 2.08 bits per heavy atom. The second-order valence-electron chi connectivity index (χ2n) is 4.25. The largest absolute Gasteiger partial charge is 0.378 e. The van der Waals surface area contributed by atoms with E-state index in [9.17, 15) is 0 Å². The second-order valence-corrected chi connectivity index (χ2v) is 4.25. The van der Waals surface area contributed by atoms with E-state index < -0.39 is 0 Å². The summed E-state index contributed by atoms with van der Waals surface area (Å²) in [5, 5.41) is 0. The minimum atomic E-state index is 0.525. The van der Waals surface area contributed by atoms with E-state index in [0.29, 0.717) is 6.10 Å². The molecule has 0 heterocycles. The van der Waals surface area contributed by atoms with Crippen LogP contribution in [0, 0.1) is 5.92 Å². The van der Waals surface area contributed by atoms with Crippen molar-refractivity contribution >= 4 is 0 Å². The van der Waals surface area contributed by atoms with Crippen molar-refractivity contribution in [1.29, 1.82) is 0 Å². The zero-order valence-electron chi connectivity index (χ0n) is 8.80. The monoisotopic (exact) mass is 185 g/mol. The molecule has 0 amide bonds. The molecular weight excluding hydrogens is 162 g/mol. The molecule has 0 aromatic rings. The fourth-order valence-electron chi connectivity index (χ4n) is 1.95. The molecule has 78 valence electrons. The maximum atomic E-state index is 5.77. The normalized spacial score (nSPS) is 30.0. The molecule has 0 aliphatic heterocycles. The van der Waals surface area contributed by atoms with Crippen LogP contribution in [0.5, 0.6) is 0 Å². The summed E-state index contributed by atoms with van der Waals surface area (Å²) in [7, 11) is 0. The molecule has 2 nitrogen and oxygen atoms in total. The van der Waals surface area contributed by atoms with Crippen molar-refractivity contribution in [2.45, 2.75) is 51.6 Å². The van der Waals surface area contributed by atoms with Crippen LogP contribution < -0.4 is 5.73 Å². The van der Waals surface area contributed by atoms with Crippen LogP contribution in [0.3, 0.4) is 0 Å². The molecule has 2 N–H and O–H groups in total. The average Bonchev–Trinajstić information content (AvgIpc) is 2.32. The van der Waals surface area contributed by atoms with Crippen LogP contribution in [0.15, 0.2) is 0 Å². The van der Waals surface area contributed by atoms with Crippen LogP contribution in [0.25, 0.3) is 0 Å². The molecule has 2 atom stereocenters. The molecule has 1 rings (SSSR count). The molecule has 0 aromatic carbocycles. The smallest absolute Gasteiger partial charge is 0.0575 e. The third kappa shape index (κ3) is 4.63. The van der Waals surface area contributed by atoms with Crippen molar-refractivity contribution in [2.24, 2.45) is 11.7 Å². The van der Waals surface area contributed by atoms with E-state index in [0.717, 1.165) is 25.5 Å². The van der Waals surface area contributed by atoms with Crippen molar-refractivity contribution in [1.82, 2.24) is 0 Å². The van der Waals surface area contributed by atoms with Gasteiger partial charge >= 0.3 is 0 Å². The van der Waals surface area contributed by atoms with Gasteiger partial charge in [-0.3, -0.25) is 0 Å². The fraction of sp³-hybridized carbons (Fsp3) is 1.00. The van der Waals surface area contributed by atoms with Crippen molar-refractivity contribution in [3.8, 4) is 0 Å². The van der Waals surface area contributed by atoms with Gasteiger partial charge in [0.15, 0.2) is 0 Å². The lowest BCUT2D eigenvalue weighted by molar-refractivity contribution is 0.0421. The SMILES string of the molecule is CC1CCC[C@@H](OCCCN)CC1. The fourth-order valence-corrected chi connectivity index (χ4v) is 1.95. The van der Waals surface area contributed by atoms with Gasteiger partial charge in [0.25, 0.3) is 0 Å². The van der Waals surface area contributed by atoms with E-state index >= 15 is 0 Å². The van der Waals surface area contributed by atoms with Gasteiger partial charge in [0.1, 0.15) is 0 Å². The van der Waals surface area contributed by atoms with Crippen molar-refractivity contribution in [2.75, 3.05) is 13.2 Å². The van der Waals surface area contributed by atoms with Gasteiger partial charge in [-0.25, -0.2) is 0 Å². The van der Waals surface area contributed by atoms with Gasteiger partial charge < -0.3 is 10.5 Å². The maximum Gasteiger partial charge on any atom is 0.0575 e. The first-order valence-electron chi connectivity index (χ1n) is 5.64. The summed E-state index contributed by atoms with van der Waals surface area (Å²) < 4.78 is 5.77. The van der Waals surface area contributed by atoms with Crippen LogP contribution >= 0.6 is 0 Å². The van der Waals surface area contributed by atoms with Crippen LogP contribution in [0.4, 0.5) is 0 Å². The predicted octanol–water partition coefficient (Wildman–Crippen LogP) is 2.32. The first-order chi connectivity index (χ1) is 6.33. The van der Waals surface area contributed by atoms with Crippen LogP contribution in [0.1, 0.15) is 45.4 Å². The van der Waals surface area contributed by atoms with Gasteiger partial charge in [0.2, 0.25) is 0 Å². The Hall–Kier alpha value is -0.0800. The molecule has 0 bridgehead atoms. The summed E-state index contributed by atoms with van der Waals surface area (Å²) in [5.74, 6) is 0.906. The van der Waals surface area contributed by atoms with E-state index in [1.165, 1.54) is 32.1 Å². The number of hydrogen-bond acceptors (Lipinski definition) is 2. The summed E-state index contributed by atoms with van der Waals surface area (Å²) >= 11 is 0. The van der Waals surface area contributed by atoms with Crippen molar-refractivity contribution in [3.05, 3.63) is 0 Å². The molecule has 2 heteroatoms. The summed E-state index contributed by atoms with van der Waals surface area (Å²) in [6.07, 6.45) is 8.11. The standard InChI is InChI=1S/C11H23NO/c1-10-4-2-5-11(7-6-10)13-9-3-8-12/h10-11H,2-9,12H2,1H3/t10?,11-/m1/s1. The molecule has 1 aliphatic rings. The number of rotatable bonds is 4. The zero-order valence-corrected chi connectivity index (χ0v) is 8.80. The topological polar surface area (TPSA) is 35.2 Å². The summed E-state index contributed by atoms with van der Waals surface area (Å²) in [6, 6.07) is 0. The molecule has 0 radical (unpaired) electrons. The molecule has 1 unspecified atom stereocenters. The first kappa shape index (κ1) is 11.0. The van der Waals surface area contributed by atoms with Gasteiger partial charge in [-0.15, -0.1) is 0 Å². The molecular formula is C11H23NO. The van der Waals surface area contributed by atoms with Crippen LogP contribution in [-0.4, -0.2) is 19.3 Å². The Labute approximate surface area is 81.8 Å². The summed E-state index contributed by atoms with van der Waals surface area (Å²) in [6.45, 7) is 3.96. The van der Waals surface area contributed by atoms with E-state index in [1.807, 2.05) is 0 Å². The average molecular weight is 185 g/mol. The summed E-state index contributed by atoms with van der Waals surface area (Å²) in [5.41, 5.74) is 5.42. The van der Waals surface area contributed by atoms with Gasteiger partial charge in [-0.05, 0) is 38.1 Å². The Bertz CT molecular complexity index is 127. The van der Waals surface area contributed by atoms with Crippen molar-refractivity contribution in [3.63, 3.8) is 0 Å². The highest BCUT2D eigenvalue weighted by molar-refractivity contribution is 4.67. The van der Waals surface area contributed by atoms with E-state index in [4.69, 9.17) is 10.5 Å². The number of nitrogens with two attached hydrogens (primary N) is 1. The highest BCUT2D eigenvalue weighted by Crippen LogP contribution is 2.24. The Morgan fingerprint density at radius 1 is 1.23 bits per heavy atom. The first-order valence-corrected chi connectivity index (χ1v) is 5.64. The molecule has 0 saturated heterocycles. The predicted molar refractivity (Wildman–Crippen MR) is 55.7 cm³/mol. The minimum Gasteiger partial charge on any atom is -0.378 e. The lowest BCUT2D eigenvalue weighted by atomic mass is 10.0. The molecule has 1 aliphatic carbocycles. The van der Waals surface area contributed by atoms with Crippen LogP contribution in [-0.2, 0) is 4.74 Å². The Balaban J connectivity index is 2.11. The highest BCUT2D eigenvalue weighted by atomic mass is 16.5. The molecule has 13 heavy (non-hydrogen) atoms. The van der Waals surface area contributed by atoms with E-state index in [-0.39, 0.29) is 0 Å². The third-order valence-electron chi connectivity index (χ3n) is 2.91. The highest BCUT2D eigenvalue weighted by Gasteiger charge is 2.15. The zero-order chi connectivity index (χ0) is 9.52. The quantitative estimate of drug-likeness (QED) is 0.539. The Morgan fingerprint density at radius 3 is 2.85 bits per heavy atom. The van der Waals surface area contributed by atoms with Gasteiger partial charge in [0.05, 0.1) is 6.10 Å². The molecule has 1 saturated carbocycles. The van der Waals surface area contributed by atoms with Crippen molar-refractivity contribution < 1.29 is 4.74 Å². The number of ether oxygens (including phenoxy) is 1. The minimum absolute atomic E-state index is 0.525. The lowest BCUT2D eigenvalue weighted by Gasteiger charge is -2.14. The lowest BCUT2D eigenvalue weighted by Crippen LogP contribution is -2.14. The van der Waals surface area contributed by atoms with Gasteiger partial charge in [0, 0.05) is 6.61 Å². The summed E-state index contributed by atoms with van der Waals surface area (Å²) in [4.78, 5) is 0. The van der Waals surface area contributed by atoms with E-state index in [2.05, 4.69) is 6.92 Å². The third-order valence-corrected chi connectivity index (χ3v) is 2.91. The number of hydrogen-bond donors (Lipinski definition) is 1. The molecule has 1 fully saturated rings. The van der Waals surface area contributed by atoms with Gasteiger partial charge in [-0.2, -0.15) is 0 Å². The second kappa shape index (κ2) is 6.39. The molecule has 0 aromatic heterocycles. The van der Waals surface area contributed by atoms with E-state index in [1.54, 1.807) is 0 Å². The molecule has 0 spiro atoms.